The van der Waals surface area contributed by atoms with E-state index < -0.39 is 0 Å². The van der Waals surface area contributed by atoms with Crippen LogP contribution in [0.15, 0.2) is 18.7 Å². The van der Waals surface area contributed by atoms with E-state index in [0.717, 1.165) is 25.9 Å². The summed E-state index contributed by atoms with van der Waals surface area (Å²) in [7, 11) is 0. The van der Waals surface area contributed by atoms with Crippen molar-refractivity contribution in [3.8, 4) is 0 Å². The highest BCUT2D eigenvalue weighted by Crippen LogP contribution is 2.01. The first-order valence-electron chi connectivity index (χ1n) is 6.02. The molecule has 1 rings (SSSR count). The van der Waals surface area contributed by atoms with Crippen molar-refractivity contribution in [2.75, 3.05) is 6.61 Å². The highest BCUT2D eigenvalue weighted by atomic mass is 16.2. The molecule has 0 amide bonds. The van der Waals surface area contributed by atoms with Gasteiger partial charge >= 0.3 is 0 Å². The first kappa shape index (κ1) is 12.2. The lowest BCUT2D eigenvalue weighted by Crippen LogP contribution is -2.30. The van der Waals surface area contributed by atoms with Crippen LogP contribution in [0.25, 0.3) is 0 Å². The second-order valence-corrected chi connectivity index (χ2v) is 4.03. The number of imidazole rings is 1. The van der Waals surface area contributed by atoms with Gasteiger partial charge in [-0.2, -0.15) is 0 Å². The zero-order valence-corrected chi connectivity index (χ0v) is 9.73. The fraction of sp³-hybridized carbons (Fsp3) is 0.750. The molecule has 0 atom stereocenters. The highest BCUT2D eigenvalue weighted by Gasteiger charge is 2.01. The van der Waals surface area contributed by atoms with Gasteiger partial charge in [-0.15, -0.1) is 0 Å². The van der Waals surface area contributed by atoms with E-state index in [4.69, 9.17) is 5.11 Å². The Morgan fingerprint density at radius 2 is 2.00 bits per heavy atom. The van der Waals surface area contributed by atoms with Crippen LogP contribution in [0.1, 0.15) is 39.0 Å². The second kappa shape index (κ2) is 7.46. The summed E-state index contributed by atoms with van der Waals surface area (Å²) in [5.41, 5.74) is 0. The van der Waals surface area contributed by atoms with E-state index in [0.29, 0.717) is 6.61 Å². The largest absolute Gasteiger partial charge is 0.396 e. The van der Waals surface area contributed by atoms with Crippen LogP contribution in [-0.2, 0) is 13.1 Å². The Morgan fingerprint density at radius 3 is 2.73 bits per heavy atom. The number of hydrogen-bond donors (Lipinski definition) is 1. The van der Waals surface area contributed by atoms with E-state index in [1.165, 1.54) is 19.3 Å². The number of aromatic nitrogens is 2. The van der Waals surface area contributed by atoms with E-state index in [9.17, 15) is 0 Å². The molecular formula is C12H23N2O+. The molecular weight excluding hydrogens is 188 g/mol. The van der Waals surface area contributed by atoms with Gasteiger partial charge < -0.3 is 5.11 Å². The smallest absolute Gasteiger partial charge is 0.243 e. The second-order valence-electron chi connectivity index (χ2n) is 4.03. The van der Waals surface area contributed by atoms with Crippen LogP contribution in [0.3, 0.4) is 0 Å². The van der Waals surface area contributed by atoms with Gasteiger partial charge in [0.25, 0.3) is 0 Å². The number of nitrogens with zero attached hydrogens (tertiary/aromatic N) is 2. The van der Waals surface area contributed by atoms with Crippen molar-refractivity contribution in [1.82, 2.24) is 4.57 Å². The molecule has 0 fully saturated rings. The van der Waals surface area contributed by atoms with Crippen molar-refractivity contribution in [2.45, 2.75) is 52.1 Å². The van der Waals surface area contributed by atoms with Crippen LogP contribution in [0.2, 0.25) is 0 Å². The van der Waals surface area contributed by atoms with Crippen LogP contribution in [0.4, 0.5) is 0 Å². The van der Waals surface area contributed by atoms with Crippen LogP contribution in [0, 0.1) is 0 Å². The molecule has 1 heterocycles. The molecule has 0 radical (unpaired) electrons. The minimum Gasteiger partial charge on any atom is -0.396 e. The summed E-state index contributed by atoms with van der Waals surface area (Å²) in [5, 5.41) is 8.64. The predicted molar refractivity (Wildman–Crippen MR) is 60.5 cm³/mol. The van der Waals surface area contributed by atoms with Gasteiger partial charge in [-0.25, -0.2) is 9.13 Å². The van der Waals surface area contributed by atoms with Crippen LogP contribution in [0.5, 0.6) is 0 Å². The Balaban J connectivity index is 2.14. The molecule has 0 saturated heterocycles. The first-order valence-corrected chi connectivity index (χ1v) is 6.02. The van der Waals surface area contributed by atoms with Crippen molar-refractivity contribution in [3.63, 3.8) is 0 Å². The fourth-order valence-electron chi connectivity index (χ4n) is 1.72. The van der Waals surface area contributed by atoms with Crippen LogP contribution < -0.4 is 4.57 Å². The lowest BCUT2D eigenvalue weighted by atomic mass is 10.2. The summed E-state index contributed by atoms with van der Waals surface area (Å²) in [6.07, 6.45) is 12.2. The van der Waals surface area contributed by atoms with Crippen molar-refractivity contribution < 1.29 is 9.67 Å². The number of aliphatic hydroxyl groups excluding tert-OH is 1. The lowest BCUT2D eigenvalue weighted by molar-refractivity contribution is -0.696. The van der Waals surface area contributed by atoms with Crippen molar-refractivity contribution >= 4 is 0 Å². The number of aliphatic hydroxyl groups is 1. The van der Waals surface area contributed by atoms with Gasteiger partial charge in [0, 0.05) is 6.61 Å². The molecule has 3 nitrogen and oxygen atoms in total. The Kier molecular flexibility index (Phi) is 6.09. The zero-order valence-electron chi connectivity index (χ0n) is 9.73. The Labute approximate surface area is 92.4 Å². The molecule has 0 unspecified atom stereocenters. The summed E-state index contributed by atoms with van der Waals surface area (Å²) < 4.78 is 4.47. The molecule has 0 saturated carbocycles. The maximum atomic E-state index is 8.64. The summed E-state index contributed by atoms with van der Waals surface area (Å²) in [4.78, 5) is 0. The fourth-order valence-corrected chi connectivity index (χ4v) is 1.72. The summed E-state index contributed by atoms with van der Waals surface area (Å²) in [5.74, 6) is 0. The molecule has 15 heavy (non-hydrogen) atoms. The molecule has 0 aliphatic heterocycles. The Morgan fingerprint density at radius 1 is 1.20 bits per heavy atom. The van der Waals surface area contributed by atoms with Gasteiger partial charge in [0.05, 0.1) is 13.1 Å². The van der Waals surface area contributed by atoms with Crippen molar-refractivity contribution in [1.29, 1.82) is 0 Å². The van der Waals surface area contributed by atoms with Gasteiger partial charge in [0.1, 0.15) is 12.4 Å². The maximum absolute atomic E-state index is 8.64. The van der Waals surface area contributed by atoms with Crippen molar-refractivity contribution in [2.24, 2.45) is 0 Å². The zero-order chi connectivity index (χ0) is 10.9. The van der Waals surface area contributed by atoms with Gasteiger partial charge in [0.15, 0.2) is 0 Å². The number of rotatable bonds is 8. The van der Waals surface area contributed by atoms with E-state index >= 15 is 0 Å². The predicted octanol–water partition coefficient (Wildman–Crippen LogP) is 1.74. The molecule has 86 valence electrons. The third kappa shape index (κ3) is 4.98. The summed E-state index contributed by atoms with van der Waals surface area (Å²) in [6, 6.07) is 0. The number of hydrogen-bond acceptors (Lipinski definition) is 1. The summed E-state index contributed by atoms with van der Waals surface area (Å²) in [6.45, 7) is 4.74. The number of unbranched alkanes of at least 4 members (excludes halogenated alkanes) is 3. The normalized spacial score (nSPS) is 10.8. The van der Waals surface area contributed by atoms with Gasteiger partial charge in [-0.05, 0) is 25.7 Å². The summed E-state index contributed by atoms with van der Waals surface area (Å²) >= 11 is 0. The third-order valence-electron chi connectivity index (χ3n) is 2.55. The molecule has 1 aromatic rings. The molecule has 0 aliphatic rings. The average Bonchev–Trinajstić information content (AvgIpc) is 2.66. The average molecular weight is 211 g/mol. The highest BCUT2D eigenvalue weighted by molar-refractivity contribution is 4.66. The Hall–Kier alpha value is -0.830. The van der Waals surface area contributed by atoms with Gasteiger partial charge in [-0.3, -0.25) is 0 Å². The molecule has 0 aliphatic carbocycles. The first-order chi connectivity index (χ1) is 7.36. The number of aryl methyl sites for hydroxylation is 2. The Bertz CT molecular complexity index is 258. The third-order valence-corrected chi connectivity index (χ3v) is 2.55. The quantitative estimate of drug-likeness (QED) is 0.515. The minimum absolute atomic E-state index is 0.333. The molecule has 0 spiro atoms. The molecule has 0 bridgehead atoms. The van der Waals surface area contributed by atoms with Gasteiger partial charge in [-0.1, -0.05) is 13.3 Å². The molecule has 0 aromatic carbocycles. The van der Waals surface area contributed by atoms with E-state index in [-0.39, 0.29) is 0 Å². The lowest BCUT2D eigenvalue weighted by Gasteiger charge is -1.97. The van der Waals surface area contributed by atoms with Crippen LogP contribution >= 0.6 is 0 Å². The molecule has 1 aromatic heterocycles. The SMILES string of the molecule is CCC[n+]1ccn(CCCCCCO)c1. The minimum atomic E-state index is 0.333. The van der Waals surface area contributed by atoms with Crippen LogP contribution in [-0.4, -0.2) is 16.3 Å². The monoisotopic (exact) mass is 211 g/mol. The van der Waals surface area contributed by atoms with E-state index in [1.807, 2.05) is 0 Å². The van der Waals surface area contributed by atoms with Crippen molar-refractivity contribution in [3.05, 3.63) is 18.7 Å². The standard InChI is InChI=1S/C12H23N2O/c1-2-7-13-9-10-14(12-13)8-5-3-4-6-11-15/h9-10,12,15H,2-8,11H2,1H3/q+1. The molecule has 1 N–H and O–H groups in total. The van der Waals surface area contributed by atoms with Gasteiger partial charge in [0.2, 0.25) is 6.33 Å². The van der Waals surface area contributed by atoms with E-state index in [1.54, 1.807) is 0 Å². The maximum Gasteiger partial charge on any atom is 0.243 e. The topological polar surface area (TPSA) is 29.0 Å². The molecule has 3 heteroatoms. The van der Waals surface area contributed by atoms with E-state index in [2.05, 4.69) is 34.8 Å².